The summed E-state index contributed by atoms with van der Waals surface area (Å²) in [6.07, 6.45) is 2.26. The zero-order valence-corrected chi connectivity index (χ0v) is 14.1. The summed E-state index contributed by atoms with van der Waals surface area (Å²) in [5.74, 6) is -1.21. The van der Waals surface area contributed by atoms with Crippen molar-refractivity contribution in [1.29, 1.82) is 0 Å². The molecule has 1 saturated carbocycles. The fraction of sp³-hybridized carbons (Fsp3) is 0.444. The number of carboxylic acid groups (broad SMARTS) is 1. The van der Waals surface area contributed by atoms with Gasteiger partial charge in [0.05, 0.1) is 16.9 Å². The number of nitrogens with two attached hydrogens (primary N) is 1. The Morgan fingerprint density at radius 3 is 2.85 bits per heavy atom. The number of pyridine rings is 1. The molecular weight excluding hydrogens is 341 g/mol. The molecule has 3 aliphatic rings. The highest BCUT2D eigenvalue weighted by Crippen LogP contribution is 2.51. The highest BCUT2D eigenvalue weighted by molar-refractivity contribution is 5.97. The Kier molecular flexibility index (Phi) is 2.99. The smallest absolute Gasteiger partial charge is 0.341 e. The second kappa shape index (κ2) is 4.97. The van der Waals surface area contributed by atoms with Gasteiger partial charge in [-0.25, -0.2) is 9.18 Å². The predicted molar refractivity (Wildman–Crippen MR) is 92.5 cm³/mol. The van der Waals surface area contributed by atoms with E-state index in [2.05, 4.69) is 0 Å². The Morgan fingerprint density at radius 2 is 2.23 bits per heavy atom. The monoisotopic (exact) mass is 359 g/mol. The van der Waals surface area contributed by atoms with E-state index in [1.165, 1.54) is 6.20 Å². The SMILES string of the molecule is CC1COc2c(N3CC(N)C4CC43)c(F)cc3c(=O)c(C(=O)O)cn1c23. The third-order valence-corrected chi connectivity index (χ3v) is 5.82. The number of aromatic nitrogens is 1. The van der Waals surface area contributed by atoms with Crippen molar-refractivity contribution in [2.45, 2.75) is 31.5 Å². The van der Waals surface area contributed by atoms with Gasteiger partial charge in [-0.05, 0) is 25.3 Å². The van der Waals surface area contributed by atoms with Crippen molar-refractivity contribution in [2.75, 3.05) is 18.1 Å². The molecule has 0 radical (unpaired) electrons. The average Bonchev–Trinajstić information content (AvgIpc) is 3.32. The standard InChI is InChI=1S/C18H18FN3O4/c1-7-6-26-17-14-9(16(23)10(18(24)25)4-21(7)14)2-11(19)15(17)22-5-12(20)8-3-13(8)22/h2,4,7-8,12-13H,3,5-6,20H2,1H3,(H,24,25). The Labute approximate surface area is 147 Å². The maximum absolute atomic E-state index is 15.0. The number of aromatic carboxylic acids is 1. The molecule has 1 saturated heterocycles. The summed E-state index contributed by atoms with van der Waals surface area (Å²) in [7, 11) is 0. The number of hydrogen-bond acceptors (Lipinski definition) is 5. The Bertz CT molecular complexity index is 1030. The number of anilines is 1. The number of ether oxygens (including phenoxy) is 1. The molecule has 26 heavy (non-hydrogen) atoms. The molecule has 2 aromatic rings. The van der Waals surface area contributed by atoms with Crippen molar-refractivity contribution in [1.82, 2.24) is 4.57 Å². The van der Waals surface area contributed by atoms with Crippen molar-refractivity contribution in [3.05, 3.63) is 33.9 Å². The zero-order chi connectivity index (χ0) is 18.3. The van der Waals surface area contributed by atoms with Crippen LogP contribution in [0.2, 0.25) is 0 Å². The molecule has 0 bridgehead atoms. The maximum Gasteiger partial charge on any atom is 0.341 e. The minimum atomic E-state index is -1.32. The van der Waals surface area contributed by atoms with Crippen LogP contribution in [0.25, 0.3) is 10.9 Å². The van der Waals surface area contributed by atoms with Crippen LogP contribution in [0.4, 0.5) is 10.1 Å². The highest BCUT2D eigenvalue weighted by atomic mass is 19.1. The molecule has 0 spiro atoms. The van der Waals surface area contributed by atoms with E-state index in [0.29, 0.717) is 29.4 Å². The molecule has 2 fully saturated rings. The van der Waals surface area contributed by atoms with Crippen LogP contribution in [0, 0.1) is 11.7 Å². The fourth-order valence-electron chi connectivity index (χ4n) is 4.41. The fourth-order valence-corrected chi connectivity index (χ4v) is 4.41. The lowest BCUT2D eigenvalue weighted by molar-refractivity contribution is 0.0694. The zero-order valence-electron chi connectivity index (χ0n) is 14.1. The molecular formula is C18H18FN3O4. The lowest BCUT2D eigenvalue weighted by Gasteiger charge is -2.32. The van der Waals surface area contributed by atoms with Crippen molar-refractivity contribution >= 4 is 22.6 Å². The quantitative estimate of drug-likeness (QED) is 0.839. The minimum absolute atomic E-state index is 0.00129. The van der Waals surface area contributed by atoms with Gasteiger partial charge in [0.2, 0.25) is 5.43 Å². The number of fused-ring (bicyclic) bond motifs is 1. The van der Waals surface area contributed by atoms with Gasteiger partial charge >= 0.3 is 5.97 Å². The molecule has 7 nitrogen and oxygen atoms in total. The molecule has 0 amide bonds. The van der Waals surface area contributed by atoms with Crippen LogP contribution >= 0.6 is 0 Å². The highest BCUT2D eigenvalue weighted by Gasteiger charge is 2.53. The molecule has 4 atom stereocenters. The summed E-state index contributed by atoms with van der Waals surface area (Å²) in [6, 6.07) is 1.18. The maximum atomic E-state index is 15.0. The van der Waals surface area contributed by atoms with Crippen molar-refractivity contribution in [2.24, 2.45) is 11.7 Å². The summed E-state index contributed by atoms with van der Waals surface area (Å²) in [5.41, 5.74) is 5.84. The lowest BCUT2D eigenvalue weighted by Crippen LogP contribution is -2.34. The van der Waals surface area contributed by atoms with Crippen molar-refractivity contribution in [3.63, 3.8) is 0 Å². The molecule has 1 aliphatic carbocycles. The molecule has 3 heterocycles. The van der Waals surface area contributed by atoms with Crippen LogP contribution in [0.15, 0.2) is 17.1 Å². The van der Waals surface area contributed by atoms with Gasteiger partial charge in [-0.3, -0.25) is 4.79 Å². The van der Waals surface area contributed by atoms with Crippen molar-refractivity contribution in [3.8, 4) is 5.75 Å². The van der Waals surface area contributed by atoms with Gasteiger partial charge in [0.1, 0.15) is 17.9 Å². The Hall–Kier alpha value is -2.61. The largest absolute Gasteiger partial charge is 0.487 e. The summed E-state index contributed by atoms with van der Waals surface area (Å²) in [5, 5.41) is 9.36. The number of nitrogens with zero attached hydrogens (tertiary/aromatic N) is 2. The van der Waals surface area contributed by atoms with E-state index in [4.69, 9.17) is 10.5 Å². The minimum Gasteiger partial charge on any atom is -0.487 e. The molecule has 4 unspecified atom stereocenters. The van der Waals surface area contributed by atoms with Crippen LogP contribution in [-0.2, 0) is 0 Å². The van der Waals surface area contributed by atoms with E-state index in [1.54, 1.807) is 4.57 Å². The summed E-state index contributed by atoms with van der Waals surface area (Å²) < 4.78 is 22.6. The molecule has 136 valence electrons. The van der Waals surface area contributed by atoms with Gasteiger partial charge in [-0.1, -0.05) is 0 Å². The number of hydrogen-bond donors (Lipinski definition) is 2. The van der Waals surface area contributed by atoms with Crippen molar-refractivity contribution < 1.29 is 19.0 Å². The summed E-state index contributed by atoms with van der Waals surface area (Å²) in [6.45, 7) is 2.68. The van der Waals surface area contributed by atoms with Gasteiger partial charge < -0.3 is 25.0 Å². The third kappa shape index (κ3) is 1.90. The van der Waals surface area contributed by atoms with Gasteiger partial charge in [0.25, 0.3) is 0 Å². The van der Waals surface area contributed by atoms with Crippen LogP contribution in [0.3, 0.4) is 0 Å². The lowest BCUT2D eigenvalue weighted by atomic mass is 10.1. The van der Waals surface area contributed by atoms with E-state index in [-0.39, 0.29) is 35.7 Å². The van der Waals surface area contributed by atoms with Crippen LogP contribution in [-0.4, -0.2) is 40.9 Å². The molecule has 3 N–H and O–H groups in total. The van der Waals surface area contributed by atoms with Gasteiger partial charge in [0, 0.05) is 24.8 Å². The first kappa shape index (κ1) is 15.6. The average molecular weight is 359 g/mol. The molecule has 1 aromatic carbocycles. The first-order chi connectivity index (χ1) is 12.4. The second-order valence-electron chi connectivity index (χ2n) is 7.46. The summed E-state index contributed by atoms with van der Waals surface area (Å²) >= 11 is 0. The third-order valence-electron chi connectivity index (χ3n) is 5.82. The number of carboxylic acids is 1. The van der Waals surface area contributed by atoms with E-state index in [9.17, 15) is 14.7 Å². The molecule has 5 rings (SSSR count). The van der Waals surface area contributed by atoms with E-state index >= 15 is 4.39 Å². The Morgan fingerprint density at radius 1 is 1.46 bits per heavy atom. The summed E-state index contributed by atoms with van der Waals surface area (Å²) in [4.78, 5) is 25.9. The predicted octanol–water partition coefficient (Wildman–Crippen LogP) is 1.33. The first-order valence-corrected chi connectivity index (χ1v) is 8.68. The van der Waals surface area contributed by atoms with Gasteiger partial charge in [0.15, 0.2) is 11.6 Å². The van der Waals surface area contributed by atoms with Crippen LogP contribution in [0.5, 0.6) is 5.75 Å². The second-order valence-corrected chi connectivity index (χ2v) is 7.46. The van der Waals surface area contributed by atoms with Crippen LogP contribution < -0.4 is 20.8 Å². The molecule has 8 heteroatoms. The number of carbonyl (C=O) groups is 1. The number of benzene rings is 1. The normalized spacial score (nSPS) is 28.8. The number of piperidine rings is 1. The van der Waals surface area contributed by atoms with Gasteiger partial charge in [-0.2, -0.15) is 0 Å². The van der Waals surface area contributed by atoms with E-state index in [1.807, 2.05) is 11.8 Å². The van der Waals surface area contributed by atoms with E-state index in [0.717, 1.165) is 12.5 Å². The molecule has 2 aliphatic heterocycles. The Balaban J connectivity index is 1.83. The number of halogens is 1. The van der Waals surface area contributed by atoms with E-state index < -0.39 is 17.2 Å². The van der Waals surface area contributed by atoms with Crippen LogP contribution in [0.1, 0.15) is 29.7 Å². The number of rotatable bonds is 2. The first-order valence-electron chi connectivity index (χ1n) is 8.68. The van der Waals surface area contributed by atoms with Gasteiger partial charge in [-0.15, -0.1) is 0 Å². The molecule has 1 aromatic heterocycles. The topological polar surface area (TPSA) is 97.8 Å².